The van der Waals surface area contributed by atoms with Crippen molar-refractivity contribution in [2.45, 2.75) is 44.2 Å². The Hall–Kier alpha value is -1.88. The van der Waals surface area contributed by atoms with Crippen LogP contribution in [0.15, 0.2) is 30.3 Å². The number of amides is 1. The summed E-state index contributed by atoms with van der Waals surface area (Å²) in [4.78, 5) is 24.9. The van der Waals surface area contributed by atoms with E-state index in [0.717, 1.165) is 19.3 Å². The van der Waals surface area contributed by atoms with Gasteiger partial charge in [0, 0.05) is 19.0 Å². The Bertz CT molecular complexity index is 488. The number of aliphatic hydroxyl groups excluding tert-OH is 1. The van der Waals surface area contributed by atoms with Crippen LogP contribution in [0, 0.1) is 0 Å². The number of rotatable bonds is 5. The van der Waals surface area contributed by atoms with Crippen LogP contribution in [0.5, 0.6) is 0 Å². The lowest BCUT2D eigenvalue weighted by atomic mass is 9.96. The van der Waals surface area contributed by atoms with Gasteiger partial charge in [0.25, 0.3) is 5.91 Å². The Kier molecular flexibility index (Phi) is 5.33. The first-order chi connectivity index (χ1) is 10.1. The molecule has 0 radical (unpaired) electrons. The Morgan fingerprint density at radius 3 is 2.62 bits per heavy atom. The summed E-state index contributed by atoms with van der Waals surface area (Å²) >= 11 is 0. The number of benzene rings is 1. The molecule has 0 bridgehead atoms. The largest absolute Gasteiger partial charge is 0.481 e. The van der Waals surface area contributed by atoms with Crippen LogP contribution < -0.4 is 0 Å². The van der Waals surface area contributed by atoms with Crippen molar-refractivity contribution < 1.29 is 19.8 Å². The van der Waals surface area contributed by atoms with Gasteiger partial charge in [0.05, 0.1) is 0 Å². The highest BCUT2D eigenvalue weighted by Crippen LogP contribution is 2.25. The molecule has 1 aliphatic rings. The summed E-state index contributed by atoms with van der Waals surface area (Å²) in [5.74, 6) is -1.17. The summed E-state index contributed by atoms with van der Waals surface area (Å²) in [6, 6.07) is 8.75. The molecule has 2 rings (SSSR count). The van der Waals surface area contributed by atoms with Crippen LogP contribution in [0.4, 0.5) is 0 Å². The van der Waals surface area contributed by atoms with Gasteiger partial charge in [-0.3, -0.25) is 9.59 Å². The fraction of sp³-hybridized carbons (Fsp3) is 0.500. The number of aliphatic hydroxyl groups is 1. The number of aliphatic carboxylic acids is 1. The van der Waals surface area contributed by atoms with Gasteiger partial charge in [-0.2, -0.15) is 0 Å². The van der Waals surface area contributed by atoms with Crippen LogP contribution in [-0.2, 0) is 9.59 Å². The van der Waals surface area contributed by atoms with E-state index in [4.69, 9.17) is 5.11 Å². The van der Waals surface area contributed by atoms with E-state index in [1.165, 1.54) is 0 Å². The Labute approximate surface area is 124 Å². The minimum atomic E-state index is -1.17. The first-order valence-corrected chi connectivity index (χ1v) is 7.35. The summed E-state index contributed by atoms with van der Waals surface area (Å²) in [5.41, 5.74) is 0.574. The van der Waals surface area contributed by atoms with Gasteiger partial charge in [-0.15, -0.1) is 0 Å². The second kappa shape index (κ2) is 7.22. The fourth-order valence-corrected chi connectivity index (χ4v) is 2.82. The maximum Gasteiger partial charge on any atom is 0.303 e. The second-order valence-electron chi connectivity index (χ2n) is 5.43. The highest BCUT2D eigenvalue weighted by molar-refractivity contribution is 5.82. The molecule has 1 heterocycles. The molecule has 5 heteroatoms. The number of carboxylic acids is 1. The Morgan fingerprint density at radius 1 is 1.24 bits per heavy atom. The molecular formula is C16H21NO4. The lowest BCUT2D eigenvalue weighted by Crippen LogP contribution is -2.46. The van der Waals surface area contributed by atoms with Crippen molar-refractivity contribution >= 4 is 11.9 Å². The van der Waals surface area contributed by atoms with Crippen LogP contribution >= 0.6 is 0 Å². The Balaban J connectivity index is 2.05. The van der Waals surface area contributed by atoms with E-state index >= 15 is 0 Å². The van der Waals surface area contributed by atoms with Crippen LogP contribution in [0.25, 0.3) is 0 Å². The topological polar surface area (TPSA) is 77.8 Å². The van der Waals surface area contributed by atoms with Gasteiger partial charge in [0.2, 0.25) is 0 Å². The van der Waals surface area contributed by atoms with Crippen molar-refractivity contribution in [3.63, 3.8) is 0 Å². The number of piperidine rings is 1. The molecule has 0 aliphatic carbocycles. The van der Waals surface area contributed by atoms with Gasteiger partial charge in [0.15, 0.2) is 6.10 Å². The molecule has 1 saturated heterocycles. The summed E-state index contributed by atoms with van der Waals surface area (Å²) in [7, 11) is 0. The predicted molar refractivity (Wildman–Crippen MR) is 77.6 cm³/mol. The van der Waals surface area contributed by atoms with Crippen molar-refractivity contribution in [3.05, 3.63) is 35.9 Å². The zero-order valence-corrected chi connectivity index (χ0v) is 11.9. The summed E-state index contributed by atoms with van der Waals surface area (Å²) < 4.78 is 0. The molecule has 1 amide bonds. The fourth-order valence-electron chi connectivity index (χ4n) is 2.82. The highest BCUT2D eigenvalue weighted by Gasteiger charge is 2.31. The van der Waals surface area contributed by atoms with E-state index in [1.54, 1.807) is 29.2 Å². The SMILES string of the molecule is O=C(O)CCC1CCCCN1C(=O)[C@@H](O)c1ccccc1. The average molecular weight is 291 g/mol. The summed E-state index contributed by atoms with van der Waals surface area (Å²) in [6.07, 6.45) is 2.03. The van der Waals surface area contributed by atoms with E-state index in [1.807, 2.05) is 6.07 Å². The Morgan fingerprint density at radius 2 is 1.95 bits per heavy atom. The molecule has 1 fully saturated rings. The molecule has 0 saturated carbocycles. The second-order valence-corrected chi connectivity index (χ2v) is 5.43. The monoisotopic (exact) mass is 291 g/mol. The minimum absolute atomic E-state index is 0.0515. The third-order valence-corrected chi connectivity index (χ3v) is 3.95. The first-order valence-electron chi connectivity index (χ1n) is 7.35. The van der Waals surface area contributed by atoms with Crippen molar-refractivity contribution in [2.24, 2.45) is 0 Å². The highest BCUT2D eigenvalue weighted by atomic mass is 16.4. The molecule has 1 aliphatic heterocycles. The molecule has 1 unspecified atom stereocenters. The summed E-state index contributed by atoms with van der Waals surface area (Å²) in [5, 5.41) is 19.0. The molecule has 0 aromatic heterocycles. The van der Waals surface area contributed by atoms with Gasteiger partial charge in [-0.05, 0) is 31.2 Å². The first kappa shape index (κ1) is 15.5. The van der Waals surface area contributed by atoms with Crippen LogP contribution in [-0.4, -0.2) is 39.6 Å². The molecule has 1 aromatic rings. The molecule has 114 valence electrons. The van der Waals surface area contributed by atoms with Gasteiger partial charge < -0.3 is 15.1 Å². The summed E-state index contributed by atoms with van der Waals surface area (Å²) in [6.45, 7) is 0.590. The molecule has 2 atom stereocenters. The van der Waals surface area contributed by atoms with E-state index < -0.39 is 12.1 Å². The van der Waals surface area contributed by atoms with Crippen molar-refractivity contribution in [1.29, 1.82) is 0 Å². The number of likely N-dealkylation sites (tertiary alicyclic amines) is 1. The van der Waals surface area contributed by atoms with Crippen molar-refractivity contribution in [3.8, 4) is 0 Å². The molecular weight excluding hydrogens is 270 g/mol. The van der Waals surface area contributed by atoms with Crippen LogP contribution in [0.1, 0.15) is 43.8 Å². The van der Waals surface area contributed by atoms with E-state index in [2.05, 4.69) is 0 Å². The van der Waals surface area contributed by atoms with Gasteiger partial charge in [-0.25, -0.2) is 0 Å². The standard InChI is InChI=1S/C16H21NO4/c18-14(19)10-9-13-8-4-5-11-17(13)16(21)15(20)12-6-2-1-3-7-12/h1-3,6-7,13,15,20H,4-5,8-11H2,(H,18,19)/t13?,15-/m0/s1. The third kappa shape index (κ3) is 4.04. The smallest absolute Gasteiger partial charge is 0.303 e. The number of carbonyl (C=O) groups excluding carboxylic acids is 1. The van der Waals surface area contributed by atoms with Crippen molar-refractivity contribution in [1.82, 2.24) is 4.90 Å². The van der Waals surface area contributed by atoms with E-state index in [9.17, 15) is 14.7 Å². The van der Waals surface area contributed by atoms with E-state index in [0.29, 0.717) is 18.5 Å². The molecule has 2 N–H and O–H groups in total. The van der Waals surface area contributed by atoms with E-state index in [-0.39, 0.29) is 18.4 Å². The number of hydrogen-bond donors (Lipinski definition) is 2. The number of carboxylic acid groups (broad SMARTS) is 1. The lowest BCUT2D eigenvalue weighted by molar-refractivity contribution is -0.146. The quantitative estimate of drug-likeness (QED) is 0.869. The van der Waals surface area contributed by atoms with Crippen molar-refractivity contribution in [2.75, 3.05) is 6.54 Å². The van der Waals surface area contributed by atoms with Crippen LogP contribution in [0.2, 0.25) is 0 Å². The third-order valence-electron chi connectivity index (χ3n) is 3.95. The number of hydrogen-bond acceptors (Lipinski definition) is 3. The molecule has 1 aromatic carbocycles. The molecule has 5 nitrogen and oxygen atoms in total. The predicted octanol–water partition coefficient (Wildman–Crippen LogP) is 1.97. The van der Waals surface area contributed by atoms with Crippen LogP contribution in [0.3, 0.4) is 0 Å². The minimum Gasteiger partial charge on any atom is -0.481 e. The molecule has 0 spiro atoms. The number of nitrogens with zero attached hydrogens (tertiary/aromatic N) is 1. The zero-order chi connectivity index (χ0) is 15.2. The normalized spacial score (nSPS) is 20.0. The van der Waals surface area contributed by atoms with Gasteiger partial charge in [-0.1, -0.05) is 30.3 Å². The van der Waals surface area contributed by atoms with Gasteiger partial charge >= 0.3 is 5.97 Å². The maximum absolute atomic E-state index is 12.5. The van der Waals surface area contributed by atoms with Gasteiger partial charge in [0.1, 0.15) is 0 Å². The zero-order valence-electron chi connectivity index (χ0n) is 11.9. The maximum atomic E-state index is 12.5. The lowest BCUT2D eigenvalue weighted by Gasteiger charge is -2.37. The average Bonchev–Trinajstić information content (AvgIpc) is 2.52. The molecule has 21 heavy (non-hydrogen) atoms. The number of carbonyl (C=O) groups is 2.